The third-order valence-corrected chi connectivity index (χ3v) is 6.81. The van der Waals surface area contributed by atoms with Gasteiger partial charge in [-0.15, -0.1) is 0 Å². The molecule has 0 radical (unpaired) electrons. The first-order valence-electron chi connectivity index (χ1n) is 6.72. The summed E-state index contributed by atoms with van der Waals surface area (Å²) in [5.41, 5.74) is 0.336. The molecule has 0 amide bonds. The summed E-state index contributed by atoms with van der Waals surface area (Å²) in [6.45, 7) is 4.00. The van der Waals surface area contributed by atoms with Gasteiger partial charge >= 0.3 is 10.8 Å². The summed E-state index contributed by atoms with van der Waals surface area (Å²) >= 11 is 0.678. The van der Waals surface area contributed by atoms with Crippen LogP contribution in [-0.2, 0) is 19.6 Å². The molecule has 1 fully saturated rings. The third kappa shape index (κ3) is 3.35. The number of sulfonamides is 1. The van der Waals surface area contributed by atoms with Gasteiger partial charge < -0.3 is 9.72 Å². The van der Waals surface area contributed by atoms with Gasteiger partial charge in [-0.3, -0.25) is 9.59 Å². The highest BCUT2D eigenvalue weighted by atomic mass is 32.2. The van der Waals surface area contributed by atoms with Crippen LogP contribution in [0.3, 0.4) is 0 Å². The number of aromatic nitrogens is 1. The fourth-order valence-corrected chi connectivity index (χ4v) is 5.33. The van der Waals surface area contributed by atoms with E-state index in [4.69, 9.17) is 4.74 Å². The summed E-state index contributed by atoms with van der Waals surface area (Å²) in [5, 5.41) is 0. The minimum absolute atomic E-state index is 0.0250. The van der Waals surface area contributed by atoms with E-state index in [0.717, 1.165) is 0 Å². The summed E-state index contributed by atoms with van der Waals surface area (Å²) in [7, 11) is -3.74. The number of piperidine rings is 1. The van der Waals surface area contributed by atoms with Crippen LogP contribution in [0.5, 0.6) is 0 Å². The number of rotatable bonds is 4. The average molecular weight is 334 g/mol. The van der Waals surface area contributed by atoms with Crippen molar-refractivity contribution in [3.63, 3.8) is 0 Å². The summed E-state index contributed by atoms with van der Waals surface area (Å²) in [6.07, 6.45) is 1.22. The number of esters is 1. The zero-order chi connectivity index (χ0) is 15.6. The van der Waals surface area contributed by atoms with Crippen LogP contribution in [0.4, 0.5) is 0 Å². The van der Waals surface area contributed by atoms with Crippen LogP contribution >= 0.6 is 11.3 Å². The highest BCUT2D eigenvalue weighted by molar-refractivity contribution is 7.91. The molecule has 0 bridgehead atoms. The molecule has 1 aromatic rings. The van der Waals surface area contributed by atoms with Crippen LogP contribution in [0.2, 0.25) is 0 Å². The number of thiazole rings is 1. The molecule has 1 unspecified atom stereocenters. The second-order valence-electron chi connectivity index (χ2n) is 4.88. The highest BCUT2D eigenvalue weighted by Crippen LogP contribution is 2.27. The van der Waals surface area contributed by atoms with Crippen LogP contribution in [0.1, 0.15) is 25.5 Å². The Balaban J connectivity index is 2.22. The molecule has 1 aliphatic rings. The Hall–Kier alpha value is -1.19. The molecule has 0 saturated carbocycles. The number of carbonyl (C=O) groups is 1. The van der Waals surface area contributed by atoms with E-state index in [-0.39, 0.29) is 23.3 Å². The molecule has 0 spiro atoms. The van der Waals surface area contributed by atoms with Gasteiger partial charge in [0.1, 0.15) is 0 Å². The number of aryl methyl sites for hydroxylation is 1. The Labute approximate surface area is 127 Å². The van der Waals surface area contributed by atoms with Gasteiger partial charge in [-0.2, -0.15) is 4.31 Å². The Bertz CT molecular complexity index is 676. The minimum atomic E-state index is -3.74. The first-order valence-corrected chi connectivity index (χ1v) is 8.98. The van der Waals surface area contributed by atoms with Crippen molar-refractivity contribution in [3.05, 3.63) is 15.4 Å². The lowest BCUT2D eigenvalue weighted by molar-refractivity contribution is -0.149. The lowest BCUT2D eigenvalue weighted by Gasteiger charge is -2.30. The molecule has 7 nitrogen and oxygen atoms in total. The molecule has 1 aromatic heterocycles. The number of nitrogens with one attached hydrogen (secondary N) is 1. The van der Waals surface area contributed by atoms with Gasteiger partial charge in [0.05, 0.1) is 12.5 Å². The van der Waals surface area contributed by atoms with E-state index in [1.54, 1.807) is 13.8 Å². The van der Waals surface area contributed by atoms with Crippen molar-refractivity contribution >= 4 is 27.3 Å². The monoisotopic (exact) mass is 334 g/mol. The van der Waals surface area contributed by atoms with E-state index in [2.05, 4.69) is 4.98 Å². The molecule has 0 aliphatic carbocycles. The van der Waals surface area contributed by atoms with Crippen molar-refractivity contribution in [1.82, 2.24) is 9.29 Å². The normalized spacial score (nSPS) is 20.4. The fourth-order valence-electron chi connectivity index (χ4n) is 2.37. The standard InChI is InChI=1S/C12H18N2O5S2/c1-3-19-10(15)9-5-4-6-14(7-9)21(17,18)11-8(2)13-12(16)20-11/h9H,3-7H2,1-2H3,(H,13,16). The smallest absolute Gasteiger partial charge is 0.310 e. The van der Waals surface area contributed by atoms with Gasteiger partial charge in [-0.05, 0) is 26.7 Å². The van der Waals surface area contributed by atoms with Crippen molar-refractivity contribution in [2.75, 3.05) is 19.7 Å². The Morgan fingerprint density at radius 3 is 2.81 bits per heavy atom. The maximum atomic E-state index is 12.6. The van der Waals surface area contributed by atoms with E-state index in [1.807, 2.05) is 0 Å². The van der Waals surface area contributed by atoms with Gasteiger partial charge in [-0.25, -0.2) is 8.42 Å². The predicted octanol–water partition coefficient (Wildman–Crippen LogP) is 0.709. The first-order chi connectivity index (χ1) is 9.86. The van der Waals surface area contributed by atoms with Crippen molar-refractivity contribution in [2.45, 2.75) is 30.9 Å². The topological polar surface area (TPSA) is 96.5 Å². The molecule has 2 heterocycles. The summed E-state index contributed by atoms with van der Waals surface area (Å²) in [6, 6.07) is 0. The number of nitrogens with zero attached hydrogens (tertiary/aromatic N) is 1. The number of aromatic amines is 1. The van der Waals surface area contributed by atoms with Crippen LogP contribution in [0, 0.1) is 12.8 Å². The Morgan fingerprint density at radius 2 is 2.24 bits per heavy atom. The second-order valence-corrected chi connectivity index (χ2v) is 8.00. The van der Waals surface area contributed by atoms with E-state index in [9.17, 15) is 18.0 Å². The first kappa shape index (κ1) is 16.2. The van der Waals surface area contributed by atoms with E-state index in [0.29, 0.717) is 36.4 Å². The van der Waals surface area contributed by atoms with Crippen LogP contribution in [0.25, 0.3) is 0 Å². The van der Waals surface area contributed by atoms with Gasteiger partial charge in [0.25, 0.3) is 10.0 Å². The van der Waals surface area contributed by atoms with E-state index >= 15 is 0 Å². The van der Waals surface area contributed by atoms with Gasteiger partial charge in [0.2, 0.25) is 0 Å². The number of carbonyl (C=O) groups excluding carboxylic acids is 1. The zero-order valence-electron chi connectivity index (χ0n) is 11.9. The molecular weight excluding hydrogens is 316 g/mol. The van der Waals surface area contributed by atoms with Gasteiger partial charge in [-0.1, -0.05) is 11.3 Å². The number of hydrogen-bond acceptors (Lipinski definition) is 6. The van der Waals surface area contributed by atoms with Crippen LogP contribution < -0.4 is 4.87 Å². The largest absolute Gasteiger partial charge is 0.466 e. The molecule has 2 rings (SSSR count). The lowest BCUT2D eigenvalue weighted by atomic mass is 10.0. The maximum Gasteiger partial charge on any atom is 0.310 e. The molecule has 9 heteroatoms. The third-order valence-electron chi connectivity index (χ3n) is 3.36. The van der Waals surface area contributed by atoms with Crippen molar-refractivity contribution in [2.24, 2.45) is 5.92 Å². The quantitative estimate of drug-likeness (QED) is 0.818. The number of ether oxygens (including phenoxy) is 1. The second kappa shape index (κ2) is 6.29. The van der Waals surface area contributed by atoms with Gasteiger partial charge in [0, 0.05) is 18.8 Å². The SMILES string of the molecule is CCOC(=O)C1CCCN(S(=O)(=O)c2sc(=O)[nH]c2C)C1. The van der Waals surface area contributed by atoms with Gasteiger partial charge in [0.15, 0.2) is 4.21 Å². The average Bonchev–Trinajstić information content (AvgIpc) is 2.79. The molecule has 1 aliphatic heterocycles. The molecule has 1 N–H and O–H groups in total. The lowest BCUT2D eigenvalue weighted by Crippen LogP contribution is -2.42. The molecule has 0 aromatic carbocycles. The van der Waals surface area contributed by atoms with E-state index < -0.39 is 20.8 Å². The van der Waals surface area contributed by atoms with Crippen LogP contribution in [-0.4, -0.2) is 43.4 Å². The van der Waals surface area contributed by atoms with E-state index in [1.165, 1.54) is 4.31 Å². The minimum Gasteiger partial charge on any atom is -0.466 e. The van der Waals surface area contributed by atoms with Crippen molar-refractivity contribution in [3.8, 4) is 0 Å². The predicted molar refractivity (Wildman–Crippen MR) is 77.8 cm³/mol. The summed E-state index contributed by atoms with van der Waals surface area (Å²) in [4.78, 5) is 25.2. The maximum absolute atomic E-state index is 12.6. The van der Waals surface area contributed by atoms with Crippen molar-refractivity contribution < 1.29 is 17.9 Å². The number of H-pyrrole nitrogens is 1. The van der Waals surface area contributed by atoms with Crippen LogP contribution in [0.15, 0.2) is 9.00 Å². The molecular formula is C12H18N2O5S2. The molecule has 21 heavy (non-hydrogen) atoms. The molecule has 1 atom stereocenters. The highest BCUT2D eigenvalue weighted by Gasteiger charge is 2.35. The molecule has 118 valence electrons. The molecule has 1 saturated heterocycles. The fraction of sp³-hybridized carbons (Fsp3) is 0.667. The number of hydrogen-bond donors (Lipinski definition) is 1. The summed E-state index contributed by atoms with van der Waals surface area (Å²) < 4.78 is 31.4. The van der Waals surface area contributed by atoms with Crippen molar-refractivity contribution in [1.29, 1.82) is 0 Å². The Morgan fingerprint density at radius 1 is 1.52 bits per heavy atom. The Kier molecular flexibility index (Phi) is 4.84. The summed E-state index contributed by atoms with van der Waals surface area (Å²) in [5.74, 6) is -0.805. The zero-order valence-corrected chi connectivity index (χ0v) is 13.6.